The van der Waals surface area contributed by atoms with E-state index in [9.17, 15) is 4.79 Å². The molecule has 3 rings (SSSR count). The number of piperidine rings is 1. The highest BCUT2D eigenvalue weighted by molar-refractivity contribution is 5.68. The van der Waals surface area contributed by atoms with Crippen LogP contribution >= 0.6 is 0 Å². The Morgan fingerprint density at radius 3 is 2.32 bits per heavy atom. The van der Waals surface area contributed by atoms with Gasteiger partial charge in [-0.25, -0.2) is 4.79 Å². The van der Waals surface area contributed by atoms with Gasteiger partial charge >= 0.3 is 6.09 Å². The van der Waals surface area contributed by atoms with E-state index in [0.717, 1.165) is 32.4 Å². The smallest absolute Gasteiger partial charge is 0.410 e. The van der Waals surface area contributed by atoms with Gasteiger partial charge in [-0.3, -0.25) is 0 Å². The van der Waals surface area contributed by atoms with Crippen LogP contribution in [0, 0.1) is 5.41 Å². The van der Waals surface area contributed by atoms with Gasteiger partial charge in [-0.1, -0.05) is 50.1 Å². The van der Waals surface area contributed by atoms with Crippen molar-refractivity contribution >= 4 is 6.09 Å². The second-order valence-electron chi connectivity index (χ2n) is 9.92. The molecule has 0 aromatic heterocycles. The SMILES string of the molecule is CC1(C[C@H](OC2CCCC2)c2ccccc2)CCN(C(=O)OC(C)(C)C)CC1. The Morgan fingerprint density at radius 2 is 1.75 bits per heavy atom. The summed E-state index contributed by atoms with van der Waals surface area (Å²) in [5, 5.41) is 0. The van der Waals surface area contributed by atoms with E-state index in [1.165, 1.54) is 31.2 Å². The average molecular weight is 388 g/mol. The van der Waals surface area contributed by atoms with Crippen molar-refractivity contribution in [3.8, 4) is 0 Å². The van der Waals surface area contributed by atoms with E-state index in [1.54, 1.807) is 0 Å². The summed E-state index contributed by atoms with van der Waals surface area (Å²) in [5.74, 6) is 0. The Balaban J connectivity index is 1.61. The van der Waals surface area contributed by atoms with Crippen molar-refractivity contribution in [1.29, 1.82) is 0 Å². The Kier molecular flexibility index (Phi) is 6.69. The third kappa shape index (κ3) is 5.97. The molecule has 0 N–H and O–H groups in total. The van der Waals surface area contributed by atoms with Gasteiger partial charge in [-0.2, -0.15) is 0 Å². The van der Waals surface area contributed by atoms with E-state index >= 15 is 0 Å². The summed E-state index contributed by atoms with van der Waals surface area (Å²) in [7, 11) is 0. The molecule has 1 saturated heterocycles. The van der Waals surface area contributed by atoms with Crippen molar-refractivity contribution < 1.29 is 14.3 Å². The van der Waals surface area contributed by atoms with Crippen LogP contribution in [-0.2, 0) is 9.47 Å². The van der Waals surface area contributed by atoms with Crippen LogP contribution in [0.1, 0.15) is 84.3 Å². The number of benzene rings is 1. The fourth-order valence-electron chi connectivity index (χ4n) is 4.38. The van der Waals surface area contributed by atoms with Gasteiger partial charge in [0, 0.05) is 13.1 Å². The maximum atomic E-state index is 12.4. The number of carbonyl (C=O) groups excluding carboxylic acids is 1. The van der Waals surface area contributed by atoms with Crippen LogP contribution in [0.2, 0.25) is 0 Å². The molecule has 2 aliphatic rings. The van der Waals surface area contributed by atoms with E-state index in [-0.39, 0.29) is 17.6 Å². The molecule has 1 saturated carbocycles. The van der Waals surface area contributed by atoms with Crippen LogP contribution in [0.5, 0.6) is 0 Å². The molecule has 0 unspecified atom stereocenters. The number of hydrogen-bond donors (Lipinski definition) is 0. The van der Waals surface area contributed by atoms with E-state index in [0.29, 0.717) is 6.10 Å². The van der Waals surface area contributed by atoms with E-state index < -0.39 is 5.60 Å². The lowest BCUT2D eigenvalue weighted by Gasteiger charge is -2.41. The lowest BCUT2D eigenvalue weighted by Crippen LogP contribution is -2.44. The predicted molar refractivity (Wildman–Crippen MR) is 112 cm³/mol. The van der Waals surface area contributed by atoms with Gasteiger partial charge in [0.15, 0.2) is 0 Å². The summed E-state index contributed by atoms with van der Waals surface area (Å²) in [5.41, 5.74) is 1.02. The highest BCUT2D eigenvalue weighted by atomic mass is 16.6. The molecule has 2 fully saturated rings. The molecular weight excluding hydrogens is 350 g/mol. The lowest BCUT2D eigenvalue weighted by molar-refractivity contribution is -0.0452. The van der Waals surface area contributed by atoms with Crippen molar-refractivity contribution in [2.45, 2.75) is 90.4 Å². The van der Waals surface area contributed by atoms with Gasteiger partial charge in [-0.05, 0) is 63.9 Å². The summed E-state index contributed by atoms with van der Waals surface area (Å²) in [6, 6.07) is 10.7. The van der Waals surface area contributed by atoms with Crippen molar-refractivity contribution in [3.63, 3.8) is 0 Å². The largest absolute Gasteiger partial charge is 0.444 e. The maximum Gasteiger partial charge on any atom is 0.410 e. The van der Waals surface area contributed by atoms with Gasteiger partial charge in [0.1, 0.15) is 5.60 Å². The Hall–Kier alpha value is -1.55. The molecule has 28 heavy (non-hydrogen) atoms. The quantitative estimate of drug-likeness (QED) is 0.611. The molecule has 1 aliphatic heterocycles. The van der Waals surface area contributed by atoms with Crippen LogP contribution in [0.4, 0.5) is 4.79 Å². The number of hydrogen-bond acceptors (Lipinski definition) is 3. The summed E-state index contributed by atoms with van der Waals surface area (Å²) in [6.45, 7) is 9.64. The first-order valence-electron chi connectivity index (χ1n) is 10.9. The standard InChI is InChI=1S/C24H37NO3/c1-23(2,3)28-22(26)25-16-14-24(4,15-17-25)18-21(19-10-6-5-7-11-19)27-20-12-8-9-13-20/h5-7,10-11,20-21H,8-9,12-18H2,1-4H3/t21-/m0/s1. The number of likely N-dealkylation sites (tertiary alicyclic amines) is 1. The minimum absolute atomic E-state index is 0.141. The van der Waals surface area contributed by atoms with E-state index in [4.69, 9.17) is 9.47 Å². The van der Waals surface area contributed by atoms with Gasteiger partial charge in [0.05, 0.1) is 12.2 Å². The monoisotopic (exact) mass is 387 g/mol. The first-order valence-corrected chi connectivity index (χ1v) is 10.9. The number of amides is 1. The topological polar surface area (TPSA) is 38.8 Å². The molecule has 156 valence electrons. The molecular formula is C24H37NO3. The maximum absolute atomic E-state index is 12.4. The zero-order chi connectivity index (χ0) is 20.2. The van der Waals surface area contributed by atoms with Crippen LogP contribution in [0.15, 0.2) is 30.3 Å². The van der Waals surface area contributed by atoms with Crippen molar-refractivity contribution in [2.75, 3.05) is 13.1 Å². The summed E-state index contributed by atoms with van der Waals surface area (Å²) < 4.78 is 12.1. The molecule has 1 aromatic rings. The zero-order valence-electron chi connectivity index (χ0n) is 18.1. The van der Waals surface area contributed by atoms with Crippen molar-refractivity contribution in [1.82, 2.24) is 4.90 Å². The molecule has 0 bridgehead atoms. The van der Waals surface area contributed by atoms with Crippen molar-refractivity contribution in [2.24, 2.45) is 5.41 Å². The summed E-state index contributed by atoms with van der Waals surface area (Å²) >= 11 is 0. The molecule has 1 atom stereocenters. The van der Waals surface area contributed by atoms with Crippen LogP contribution < -0.4 is 0 Å². The summed E-state index contributed by atoms with van der Waals surface area (Å²) in [6.07, 6.45) is 8.29. The first-order chi connectivity index (χ1) is 13.2. The molecule has 1 heterocycles. The zero-order valence-corrected chi connectivity index (χ0v) is 18.1. The van der Waals surface area contributed by atoms with E-state index in [1.807, 2.05) is 25.7 Å². The number of ether oxygens (including phenoxy) is 2. The molecule has 0 spiro atoms. The third-order valence-electron chi connectivity index (χ3n) is 6.13. The Bertz CT molecular complexity index is 623. The molecule has 4 nitrogen and oxygen atoms in total. The predicted octanol–water partition coefficient (Wildman–Crippen LogP) is 6.11. The first kappa shape index (κ1) is 21.2. The van der Waals surface area contributed by atoms with Gasteiger partial charge < -0.3 is 14.4 Å². The fourth-order valence-corrected chi connectivity index (χ4v) is 4.38. The highest BCUT2D eigenvalue weighted by Crippen LogP contribution is 2.42. The molecule has 0 radical (unpaired) electrons. The Labute approximate surface area is 170 Å². The second kappa shape index (κ2) is 8.86. The van der Waals surface area contributed by atoms with Crippen LogP contribution in [0.25, 0.3) is 0 Å². The highest BCUT2D eigenvalue weighted by Gasteiger charge is 2.36. The number of nitrogens with zero attached hydrogens (tertiary/aromatic N) is 1. The van der Waals surface area contributed by atoms with Crippen LogP contribution in [-0.4, -0.2) is 35.8 Å². The van der Waals surface area contributed by atoms with Crippen molar-refractivity contribution in [3.05, 3.63) is 35.9 Å². The van der Waals surface area contributed by atoms with Crippen LogP contribution in [0.3, 0.4) is 0 Å². The van der Waals surface area contributed by atoms with Gasteiger partial charge in [-0.15, -0.1) is 0 Å². The summed E-state index contributed by atoms with van der Waals surface area (Å²) in [4.78, 5) is 14.2. The molecule has 4 heteroatoms. The number of carbonyl (C=O) groups is 1. The van der Waals surface area contributed by atoms with Gasteiger partial charge in [0.2, 0.25) is 0 Å². The normalized spacial score (nSPS) is 21.5. The minimum Gasteiger partial charge on any atom is -0.444 e. The molecule has 1 aromatic carbocycles. The number of rotatable bonds is 5. The van der Waals surface area contributed by atoms with Gasteiger partial charge in [0.25, 0.3) is 0 Å². The molecule has 1 aliphatic carbocycles. The van der Waals surface area contributed by atoms with E-state index in [2.05, 4.69) is 37.3 Å². The molecule has 1 amide bonds. The fraction of sp³-hybridized carbons (Fsp3) is 0.708. The second-order valence-corrected chi connectivity index (χ2v) is 9.92. The lowest BCUT2D eigenvalue weighted by atomic mass is 9.75. The Morgan fingerprint density at radius 1 is 1.14 bits per heavy atom. The average Bonchev–Trinajstić information content (AvgIpc) is 3.14. The third-order valence-corrected chi connectivity index (χ3v) is 6.13. The minimum atomic E-state index is -0.439.